The van der Waals surface area contributed by atoms with Crippen LogP contribution in [0.5, 0.6) is 0 Å². The van der Waals surface area contributed by atoms with Gasteiger partial charge < -0.3 is 24.8 Å². The number of aliphatic hydroxyl groups excluding tert-OH is 3. The molecule has 0 saturated carbocycles. The van der Waals surface area contributed by atoms with Gasteiger partial charge in [0.2, 0.25) is 0 Å². The topological polar surface area (TPSA) is 128 Å². The molecular weight excluding hydrogens is 206 g/mol. The fourth-order valence-electron chi connectivity index (χ4n) is 1.44. The molecule has 1 heterocycles. The van der Waals surface area contributed by atoms with Gasteiger partial charge in [0.05, 0.1) is 12.7 Å². The summed E-state index contributed by atoms with van der Waals surface area (Å²) in [5.41, 5.74) is 8.26. The summed E-state index contributed by atoms with van der Waals surface area (Å²) < 4.78 is 9.92. The molecule has 0 radical (unpaired) electrons. The maximum absolute atomic E-state index is 9.59. The van der Waals surface area contributed by atoms with Crippen LogP contribution in [0, 0.1) is 0 Å². The van der Waals surface area contributed by atoms with Crippen LogP contribution in [0.3, 0.4) is 0 Å². The fraction of sp³-hybridized carbons (Fsp3) is 1.00. The van der Waals surface area contributed by atoms with Crippen LogP contribution >= 0.6 is 0 Å². The van der Waals surface area contributed by atoms with Crippen molar-refractivity contribution in [1.29, 1.82) is 0 Å². The van der Waals surface area contributed by atoms with E-state index in [0.29, 0.717) is 0 Å². The normalized spacial score (nSPS) is 40.9. The Kier molecular flexibility index (Phi) is 4.28. The van der Waals surface area contributed by atoms with Gasteiger partial charge in [-0.1, -0.05) is 5.11 Å². The Labute approximate surface area is 85.7 Å². The lowest BCUT2D eigenvalue weighted by Gasteiger charge is -2.39. The molecule has 3 N–H and O–H groups in total. The van der Waals surface area contributed by atoms with Crippen molar-refractivity contribution in [1.82, 2.24) is 0 Å². The average Bonchev–Trinajstić information content (AvgIpc) is 2.25. The van der Waals surface area contributed by atoms with Crippen LogP contribution < -0.4 is 0 Å². The number of hydrogen-bond acceptors (Lipinski definition) is 6. The Bertz CT molecular complexity index is 255. The van der Waals surface area contributed by atoms with E-state index in [1.165, 1.54) is 7.11 Å². The third kappa shape index (κ3) is 2.37. The molecular formula is C7H13N3O5. The Morgan fingerprint density at radius 2 is 2.13 bits per heavy atom. The molecule has 5 atom stereocenters. The van der Waals surface area contributed by atoms with Gasteiger partial charge in [0.25, 0.3) is 0 Å². The molecule has 1 aliphatic heterocycles. The molecule has 86 valence electrons. The van der Waals surface area contributed by atoms with Crippen molar-refractivity contribution in [2.45, 2.75) is 30.6 Å². The van der Waals surface area contributed by atoms with E-state index in [4.69, 9.17) is 20.1 Å². The monoisotopic (exact) mass is 219 g/mol. The third-order valence-electron chi connectivity index (χ3n) is 2.27. The Balaban J connectivity index is 2.83. The first kappa shape index (κ1) is 12.2. The molecule has 0 aromatic heterocycles. The molecule has 15 heavy (non-hydrogen) atoms. The van der Waals surface area contributed by atoms with Crippen molar-refractivity contribution in [3.8, 4) is 0 Å². The van der Waals surface area contributed by atoms with Gasteiger partial charge in [-0.2, -0.15) is 0 Å². The third-order valence-corrected chi connectivity index (χ3v) is 2.27. The molecule has 1 aliphatic rings. The van der Waals surface area contributed by atoms with Crippen molar-refractivity contribution in [3.63, 3.8) is 0 Å². The second kappa shape index (κ2) is 5.26. The Morgan fingerprint density at radius 1 is 1.47 bits per heavy atom. The van der Waals surface area contributed by atoms with Gasteiger partial charge in [0, 0.05) is 12.0 Å². The highest BCUT2D eigenvalue weighted by molar-refractivity contribution is 4.93. The van der Waals surface area contributed by atoms with E-state index >= 15 is 0 Å². The van der Waals surface area contributed by atoms with Crippen molar-refractivity contribution < 1.29 is 24.8 Å². The lowest BCUT2D eigenvalue weighted by Crippen LogP contribution is -2.58. The number of nitrogens with zero attached hydrogens (tertiary/aromatic N) is 3. The summed E-state index contributed by atoms with van der Waals surface area (Å²) >= 11 is 0. The van der Waals surface area contributed by atoms with Gasteiger partial charge >= 0.3 is 0 Å². The van der Waals surface area contributed by atoms with Crippen LogP contribution in [0.4, 0.5) is 0 Å². The van der Waals surface area contributed by atoms with E-state index in [-0.39, 0.29) is 0 Å². The number of aliphatic hydroxyl groups is 3. The molecule has 0 spiro atoms. The lowest BCUT2D eigenvalue weighted by molar-refractivity contribution is -0.257. The molecule has 1 fully saturated rings. The summed E-state index contributed by atoms with van der Waals surface area (Å²) in [6, 6.07) is -1.03. The zero-order chi connectivity index (χ0) is 11.4. The number of hydrogen-bond donors (Lipinski definition) is 3. The first-order chi connectivity index (χ1) is 7.15. The van der Waals surface area contributed by atoms with Crippen molar-refractivity contribution in [3.05, 3.63) is 10.4 Å². The van der Waals surface area contributed by atoms with Gasteiger partial charge in [-0.25, -0.2) is 0 Å². The maximum atomic E-state index is 9.59. The number of ether oxygens (including phenoxy) is 2. The van der Waals surface area contributed by atoms with Crippen molar-refractivity contribution in [2.75, 3.05) is 13.7 Å². The summed E-state index contributed by atoms with van der Waals surface area (Å²) in [5, 5.41) is 31.2. The van der Waals surface area contributed by atoms with Crippen LogP contribution in [0.25, 0.3) is 10.4 Å². The van der Waals surface area contributed by atoms with Gasteiger partial charge in [-0.05, 0) is 5.53 Å². The summed E-state index contributed by atoms with van der Waals surface area (Å²) in [6.07, 6.45) is -4.56. The molecule has 0 aromatic rings. The zero-order valence-electron chi connectivity index (χ0n) is 8.09. The van der Waals surface area contributed by atoms with E-state index in [0.717, 1.165) is 0 Å². The summed E-state index contributed by atoms with van der Waals surface area (Å²) in [7, 11) is 1.31. The Hall–Kier alpha value is -0.890. The van der Waals surface area contributed by atoms with E-state index in [1.54, 1.807) is 0 Å². The Morgan fingerprint density at radius 3 is 2.60 bits per heavy atom. The molecule has 0 aromatic carbocycles. The molecule has 0 amide bonds. The molecule has 8 heteroatoms. The van der Waals surface area contributed by atoms with Crippen LogP contribution in [-0.4, -0.2) is 59.7 Å². The van der Waals surface area contributed by atoms with E-state index in [2.05, 4.69) is 10.0 Å². The summed E-state index contributed by atoms with van der Waals surface area (Å²) in [6.45, 7) is -0.457. The maximum Gasteiger partial charge on any atom is 0.168 e. The first-order valence-electron chi connectivity index (χ1n) is 4.35. The second-order valence-corrected chi connectivity index (χ2v) is 3.14. The molecule has 0 aliphatic carbocycles. The minimum atomic E-state index is -1.32. The average molecular weight is 219 g/mol. The van der Waals surface area contributed by atoms with Gasteiger partial charge in [0.1, 0.15) is 18.2 Å². The quantitative estimate of drug-likeness (QED) is 0.310. The van der Waals surface area contributed by atoms with Crippen LogP contribution in [0.1, 0.15) is 0 Å². The van der Waals surface area contributed by atoms with E-state index in [1.807, 2.05) is 0 Å². The van der Waals surface area contributed by atoms with E-state index in [9.17, 15) is 10.2 Å². The fourth-order valence-corrected chi connectivity index (χ4v) is 1.44. The molecule has 1 rings (SSSR count). The largest absolute Gasteiger partial charge is 0.394 e. The first-order valence-corrected chi connectivity index (χ1v) is 4.35. The van der Waals surface area contributed by atoms with Gasteiger partial charge in [0.15, 0.2) is 6.29 Å². The van der Waals surface area contributed by atoms with E-state index < -0.39 is 37.3 Å². The van der Waals surface area contributed by atoms with Gasteiger partial charge in [-0.3, -0.25) is 0 Å². The molecule has 8 nitrogen and oxygen atoms in total. The number of azide groups is 1. The van der Waals surface area contributed by atoms with Gasteiger partial charge in [-0.15, -0.1) is 0 Å². The number of methoxy groups -OCH3 is 1. The highest BCUT2D eigenvalue weighted by Crippen LogP contribution is 2.23. The van der Waals surface area contributed by atoms with Crippen LogP contribution in [-0.2, 0) is 9.47 Å². The molecule has 0 bridgehead atoms. The molecule has 1 unspecified atom stereocenters. The summed E-state index contributed by atoms with van der Waals surface area (Å²) in [4.78, 5) is 2.52. The smallest absolute Gasteiger partial charge is 0.168 e. The predicted octanol–water partition coefficient (Wildman–Crippen LogP) is -1.25. The molecule has 1 saturated heterocycles. The summed E-state index contributed by atoms with van der Waals surface area (Å²) in [5.74, 6) is 0. The minimum absolute atomic E-state index is 0.457. The second-order valence-electron chi connectivity index (χ2n) is 3.14. The standard InChI is InChI=1S/C7H13N3O5/c1-14-7-4(9-10-8)6(13)5(12)3(2-11)15-7/h3-7,11-13H,2H2,1H3/t3-,4-,5+,6-,7?/m1/s1. The minimum Gasteiger partial charge on any atom is -0.394 e. The SMILES string of the molecule is COC1O[C@H](CO)[C@H](O)[C@H](O)[C@H]1N=[N+]=[N-]. The predicted molar refractivity (Wildman–Crippen MR) is 47.7 cm³/mol. The zero-order valence-corrected chi connectivity index (χ0v) is 8.09. The van der Waals surface area contributed by atoms with Crippen LogP contribution in [0.15, 0.2) is 5.11 Å². The van der Waals surface area contributed by atoms with Crippen molar-refractivity contribution in [2.24, 2.45) is 5.11 Å². The number of rotatable bonds is 3. The van der Waals surface area contributed by atoms with Crippen LogP contribution in [0.2, 0.25) is 0 Å². The van der Waals surface area contributed by atoms with Crippen molar-refractivity contribution >= 4 is 0 Å². The lowest BCUT2D eigenvalue weighted by atomic mass is 9.98. The highest BCUT2D eigenvalue weighted by Gasteiger charge is 2.43. The highest BCUT2D eigenvalue weighted by atomic mass is 16.7.